The lowest BCUT2D eigenvalue weighted by molar-refractivity contribution is 0.482. The largest absolute Gasteiger partial charge is 0.213 e. The van der Waals surface area contributed by atoms with Gasteiger partial charge in [-0.3, -0.25) is 0 Å². The van der Waals surface area contributed by atoms with Crippen molar-refractivity contribution >= 4 is 10.0 Å². The van der Waals surface area contributed by atoms with Crippen molar-refractivity contribution in [3.63, 3.8) is 0 Å². The minimum Gasteiger partial charge on any atom is -0.212 e. The molecule has 0 heterocycles. The van der Waals surface area contributed by atoms with E-state index < -0.39 is 10.0 Å². The lowest BCUT2D eigenvalue weighted by Gasteiger charge is -2.14. The molecule has 3 nitrogen and oxygen atoms in total. The molecule has 0 radical (unpaired) electrons. The molecule has 0 spiro atoms. The van der Waals surface area contributed by atoms with Gasteiger partial charge < -0.3 is 0 Å². The molecular weight excluding hydrogens is 306 g/mol. The van der Waals surface area contributed by atoms with Gasteiger partial charge in [0.05, 0.1) is 5.75 Å². The third-order valence-corrected chi connectivity index (χ3v) is 6.69. The van der Waals surface area contributed by atoms with Crippen molar-refractivity contribution in [3.8, 4) is 0 Å². The molecule has 0 aromatic carbocycles. The van der Waals surface area contributed by atoms with E-state index in [-0.39, 0.29) is 0 Å². The van der Waals surface area contributed by atoms with E-state index in [0.717, 1.165) is 12.8 Å². The van der Waals surface area contributed by atoms with E-state index in [1.54, 1.807) is 7.05 Å². The number of rotatable bonds is 17. The van der Waals surface area contributed by atoms with Crippen LogP contribution in [0.15, 0.2) is 0 Å². The number of unbranched alkanes of at least 4 members (excludes halogenated alkanes) is 13. The number of hydrogen-bond acceptors (Lipinski definition) is 2. The molecule has 0 unspecified atom stereocenters. The van der Waals surface area contributed by atoms with Crippen LogP contribution in [-0.4, -0.2) is 32.1 Å². The Morgan fingerprint density at radius 3 is 1.30 bits per heavy atom. The highest BCUT2D eigenvalue weighted by atomic mass is 32.2. The first-order valence-corrected chi connectivity index (χ1v) is 11.6. The molecule has 0 fully saturated rings. The Hall–Kier alpha value is -0.0900. The zero-order chi connectivity index (χ0) is 17.4. The summed E-state index contributed by atoms with van der Waals surface area (Å²) in [5, 5.41) is 0. The van der Waals surface area contributed by atoms with Crippen molar-refractivity contribution in [1.29, 1.82) is 0 Å². The van der Waals surface area contributed by atoms with Crippen LogP contribution in [0, 0.1) is 0 Å². The molecular formula is C19H41NO2S. The fraction of sp³-hybridized carbons (Fsp3) is 1.00. The van der Waals surface area contributed by atoms with Crippen LogP contribution in [0.1, 0.15) is 104 Å². The van der Waals surface area contributed by atoms with Crippen LogP contribution in [0.25, 0.3) is 0 Å². The van der Waals surface area contributed by atoms with Crippen LogP contribution < -0.4 is 0 Å². The summed E-state index contributed by atoms with van der Waals surface area (Å²) >= 11 is 0. The SMILES string of the molecule is CCCCCCCCCCCCCCCCS(=O)(=O)N(C)CC. The Morgan fingerprint density at radius 2 is 0.957 bits per heavy atom. The van der Waals surface area contributed by atoms with Crippen molar-refractivity contribution in [3.05, 3.63) is 0 Å². The van der Waals surface area contributed by atoms with Crippen molar-refractivity contribution in [2.75, 3.05) is 19.3 Å². The van der Waals surface area contributed by atoms with Gasteiger partial charge in [0.1, 0.15) is 0 Å². The van der Waals surface area contributed by atoms with Gasteiger partial charge in [0.2, 0.25) is 10.0 Å². The van der Waals surface area contributed by atoms with Crippen LogP contribution in [0.5, 0.6) is 0 Å². The van der Waals surface area contributed by atoms with Crippen molar-refractivity contribution in [1.82, 2.24) is 4.31 Å². The summed E-state index contributed by atoms with van der Waals surface area (Å²) in [5.74, 6) is 0.315. The van der Waals surface area contributed by atoms with Gasteiger partial charge in [-0.15, -0.1) is 0 Å². The van der Waals surface area contributed by atoms with Crippen molar-refractivity contribution in [2.24, 2.45) is 0 Å². The molecule has 0 aromatic rings. The van der Waals surface area contributed by atoms with E-state index in [2.05, 4.69) is 6.92 Å². The van der Waals surface area contributed by atoms with Gasteiger partial charge in [0.25, 0.3) is 0 Å². The van der Waals surface area contributed by atoms with Gasteiger partial charge in [-0.1, -0.05) is 97.3 Å². The fourth-order valence-corrected chi connectivity index (χ4v) is 4.11. The minimum absolute atomic E-state index is 0.315. The molecule has 0 saturated carbocycles. The molecule has 0 bridgehead atoms. The first-order chi connectivity index (χ1) is 11.0. The maximum absolute atomic E-state index is 11.8. The predicted octanol–water partition coefficient (Wildman–Crippen LogP) is 5.75. The second-order valence-electron chi connectivity index (χ2n) is 6.83. The monoisotopic (exact) mass is 347 g/mol. The summed E-state index contributed by atoms with van der Waals surface area (Å²) < 4.78 is 25.1. The summed E-state index contributed by atoms with van der Waals surface area (Å²) in [6.07, 6.45) is 18.1. The minimum atomic E-state index is -2.99. The number of hydrogen-bond donors (Lipinski definition) is 0. The van der Waals surface area contributed by atoms with Gasteiger partial charge in [0.15, 0.2) is 0 Å². The van der Waals surface area contributed by atoms with E-state index in [1.807, 2.05) is 6.92 Å². The van der Waals surface area contributed by atoms with Crippen LogP contribution >= 0.6 is 0 Å². The fourth-order valence-electron chi connectivity index (χ4n) is 2.83. The topological polar surface area (TPSA) is 37.4 Å². The zero-order valence-corrected chi connectivity index (χ0v) is 16.8. The van der Waals surface area contributed by atoms with Crippen LogP contribution in [-0.2, 0) is 10.0 Å². The Bertz CT molecular complexity index is 341. The molecule has 0 atom stereocenters. The molecule has 0 rings (SSSR count). The lowest BCUT2D eigenvalue weighted by Crippen LogP contribution is -2.28. The third kappa shape index (κ3) is 14.0. The Kier molecular flexibility index (Phi) is 15.4. The second-order valence-corrected chi connectivity index (χ2v) is 9.02. The summed E-state index contributed by atoms with van der Waals surface area (Å²) in [6, 6.07) is 0. The molecule has 0 saturated heterocycles. The van der Waals surface area contributed by atoms with Crippen LogP contribution in [0.2, 0.25) is 0 Å². The molecule has 140 valence electrons. The number of sulfonamides is 1. The smallest absolute Gasteiger partial charge is 0.212 e. The van der Waals surface area contributed by atoms with E-state index in [0.29, 0.717) is 12.3 Å². The average Bonchev–Trinajstić information content (AvgIpc) is 2.54. The second kappa shape index (κ2) is 15.4. The molecule has 0 aliphatic rings. The quantitative estimate of drug-likeness (QED) is 0.314. The normalized spacial score (nSPS) is 12.2. The van der Waals surface area contributed by atoms with Gasteiger partial charge >= 0.3 is 0 Å². The van der Waals surface area contributed by atoms with Gasteiger partial charge in [-0.25, -0.2) is 12.7 Å². The number of nitrogens with zero attached hydrogens (tertiary/aromatic N) is 1. The third-order valence-electron chi connectivity index (χ3n) is 4.68. The highest BCUT2D eigenvalue weighted by Gasteiger charge is 2.14. The highest BCUT2D eigenvalue weighted by molar-refractivity contribution is 7.89. The molecule has 0 aromatic heterocycles. The predicted molar refractivity (Wildman–Crippen MR) is 102 cm³/mol. The molecule has 23 heavy (non-hydrogen) atoms. The summed E-state index contributed by atoms with van der Waals surface area (Å²) in [5.41, 5.74) is 0. The Morgan fingerprint density at radius 1 is 0.609 bits per heavy atom. The van der Waals surface area contributed by atoms with E-state index in [9.17, 15) is 8.42 Å². The first-order valence-electron chi connectivity index (χ1n) is 9.98. The summed E-state index contributed by atoms with van der Waals surface area (Å²) in [4.78, 5) is 0. The van der Waals surface area contributed by atoms with E-state index in [4.69, 9.17) is 0 Å². The van der Waals surface area contributed by atoms with E-state index >= 15 is 0 Å². The molecule has 0 aliphatic carbocycles. The van der Waals surface area contributed by atoms with E-state index in [1.165, 1.54) is 81.4 Å². The Balaban J connectivity index is 3.25. The van der Waals surface area contributed by atoms with Crippen molar-refractivity contribution in [2.45, 2.75) is 104 Å². The maximum atomic E-state index is 11.8. The van der Waals surface area contributed by atoms with Gasteiger partial charge in [-0.2, -0.15) is 0 Å². The van der Waals surface area contributed by atoms with Crippen molar-refractivity contribution < 1.29 is 8.42 Å². The molecule has 0 aliphatic heterocycles. The van der Waals surface area contributed by atoms with Crippen LogP contribution in [0.4, 0.5) is 0 Å². The Labute approximate surface area is 146 Å². The van der Waals surface area contributed by atoms with Gasteiger partial charge in [-0.05, 0) is 6.42 Å². The van der Waals surface area contributed by atoms with Gasteiger partial charge in [0, 0.05) is 13.6 Å². The zero-order valence-electron chi connectivity index (χ0n) is 16.0. The molecule has 0 amide bonds. The lowest BCUT2D eigenvalue weighted by atomic mass is 10.0. The first kappa shape index (κ1) is 22.9. The average molecular weight is 348 g/mol. The summed E-state index contributed by atoms with van der Waals surface area (Å²) in [6.45, 7) is 4.71. The highest BCUT2D eigenvalue weighted by Crippen LogP contribution is 2.13. The van der Waals surface area contributed by atoms with Crippen LogP contribution in [0.3, 0.4) is 0 Å². The molecule has 4 heteroatoms. The summed E-state index contributed by atoms with van der Waals surface area (Å²) in [7, 11) is -1.33. The molecule has 0 N–H and O–H groups in total. The maximum Gasteiger partial charge on any atom is 0.213 e. The standard InChI is InChI=1S/C19H41NO2S/c1-4-6-7-8-9-10-11-12-13-14-15-16-17-18-19-23(21,22)20(3)5-2/h4-19H2,1-3H3.